The summed E-state index contributed by atoms with van der Waals surface area (Å²) in [6, 6.07) is 14.1. The molecular weight excluding hydrogens is 361 g/mol. The standard InChI is InChI=1S/C13H13N4.CHF3O3S/c1-10-6-5-9-13(16(10)2)17-12-8-4-3-7-11(12)14-15-17;2-1(3,4)8(5,6)7/h3-9H,1-2H3;(H,5,6,7)/q+1;/p-1. The first-order valence-electron chi connectivity index (χ1n) is 6.81. The zero-order valence-electron chi connectivity index (χ0n) is 13.1. The lowest BCUT2D eigenvalue weighted by atomic mass is 10.3. The van der Waals surface area contributed by atoms with E-state index in [1.165, 1.54) is 5.69 Å². The Bertz CT molecular complexity index is 1000. The third-order valence-electron chi connectivity index (χ3n) is 3.31. The zero-order chi connectivity index (χ0) is 18.8. The number of aryl methyl sites for hydroxylation is 1. The summed E-state index contributed by atoms with van der Waals surface area (Å²) in [5.41, 5.74) is -2.53. The van der Waals surface area contributed by atoms with Gasteiger partial charge in [0.05, 0.1) is 7.05 Å². The van der Waals surface area contributed by atoms with Gasteiger partial charge in [-0.1, -0.05) is 22.9 Å². The molecule has 0 aliphatic carbocycles. The van der Waals surface area contributed by atoms with Crippen LogP contribution in [0.2, 0.25) is 0 Å². The summed E-state index contributed by atoms with van der Waals surface area (Å²) in [6.45, 7) is 2.07. The Balaban J connectivity index is 0.000000242. The molecule has 11 heteroatoms. The van der Waals surface area contributed by atoms with Crippen LogP contribution in [0.3, 0.4) is 0 Å². The summed E-state index contributed by atoms with van der Waals surface area (Å²) in [7, 11) is -4.06. The first-order valence-corrected chi connectivity index (χ1v) is 8.22. The summed E-state index contributed by atoms with van der Waals surface area (Å²) in [6.07, 6.45) is 0. The summed E-state index contributed by atoms with van der Waals surface area (Å²) in [4.78, 5) is 0. The van der Waals surface area contributed by atoms with Gasteiger partial charge in [-0.3, -0.25) is 0 Å². The van der Waals surface area contributed by atoms with Gasteiger partial charge in [-0.15, -0.1) is 5.10 Å². The van der Waals surface area contributed by atoms with Gasteiger partial charge in [0.2, 0.25) is 0 Å². The molecule has 0 aliphatic heterocycles. The third kappa shape index (κ3) is 4.12. The highest BCUT2D eigenvalue weighted by Crippen LogP contribution is 2.20. The maximum atomic E-state index is 10.7. The monoisotopic (exact) mass is 374 g/mol. The van der Waals surface area contributed by atoms with Gasteiger partial charge in [-0.05, 0) is 25.1 Å². The van der Waals surface area contributed by atoms with E-state index >= 15 is 0 Å². The van der Waals surface area contributed by atoms with Crippen LogP contribution < -0.4 is 4.57 Å². The SMILES string of the molecule is Cc1cccc(-n2nnc3ccccc32)[n+]1C.O=S(=O)([O-])C(F)(F)F. The Morgan fingerprint density at radius 3 is 2.32 bits per heavy atom. The number of fused-ring (bicyclic) bond motifs is 1. The average molecular weight is 374 g/mol. The highest BCUT2D eigenvalue weighted by molar-refractivity contribution is 7.86. The molecule has 0 amide bonds. The van der Waals surface area contributed by atoms with E-state index in [1.54, 1.807) is 0 Å². The van der Waals surface area contributed by atoms with Crippen LogP contribution in [0.1, 0.15) is 5.69 Å². The molecule has 0 fully saturated rings. The molecule has 0 bridgehead atoms. The van der Waals surface area contributed by atoms with E-state index in [0.717, 1.165) is 16.9 Å². The number of nitrogens with zero attached hydrogens (tertiary/aromatic N) is 4. The van der Waals surface area contributed by atoms with Crippen LogP contribution in [0.5, 0.6) is 0 Å². The molecule has 0 atom stereocenters. The predicted octanol–water partition coefficient (Wildman–Crippen LogP) is 1.60. The third-order valence-corrected chi connectivity index (χ3v) is 3.87. The first kappa shape index (κ1) is 18.8. The van der Waals surface area contributed by atoms with E-state index in [-0.39, 0.29) is 0 Å². The lowest BCUT2D eigenvalue weighted by molar-refractivity contribution is -0.672. The van der Waals surface area contributed by atoms with E-state index in [9.17, 15) is 13.2 Å². The number of aromatic nitrogens is 4. The van der Waals surface area contributed by atoms with Crippen LogP contribution >= 0.6 is 0 Å². The second kappa shape index (κ2) is 6.76. The van der Waals surface area contributed by atoms with E-state index in [2.05, 4.69) is 27.9 Å². The first-order chi connectivity index (χ1) is 11.5. The lowest BCUT2D eigenvalue weighted by Crippen LogP contribution is -2.37. The molecule has 2 aromatic heterocycles. The van der Waals surface area contributed by atoms with Crippen molar-refractivity contribution in [3.63, 3.8) is 0 Å². The minimum absolute atomic E-state index is 0.911. The number of benzene rings is 1. The van der Waals surface area contributed by atoms with Gasteiger partial charge in [-0.2, -0.15) is 13.2 Å². The second-order valence-electron chi connectivity index (χ2n) is 4.97. The number of halogens is 3. The van der Waals surface area contributed by atoms with Crippen molar-refractivity contribution >= 4 is 21.2 Å². The minimum atomic E-state index is -6.09. The van der Waals surface area contributed by atoms with Crippen LogP contribution in [-0.4, -0.2) is 33.5 Å². The van der Waals surface area contributed by atoms with Crippen molar-refractivity contribution in [3.8, 4) is 5.82 Å². The van der Waals surface area contributed by atoms with Crippen molar-refractivity contribution in [1.82, 2.24) is 15.0 Å². The highest BCUT2D eigenvalue weighted by Gasteiger charge is 2.36. The molecule has 7 nitrogen and oxygen atoms in total. The summed E-state index contributed by atoms with van der Waals surface area (Å²) < 4.78 is 62.9. The summed E-state index contributed by atoms with van der Waals surface area (Å²) in [5.74, 6) is 1.01. The molecule has 0 N–H and O–H groups in total. The fourth-order valence-electron chi connectivity index (χ4n) is 1.93. The molecule has 0 aliphatic rings. The molecule has 25 heavy (non-hydrogen) atoms. The molecule has 3 rings (SSSR count). The molecule has 0 saturated heterocycles. The fourth-order valence-corrected chi connectivity index (χ4v) is 1.93. The van der Waals surface area contributed by atoms with Gasteiger partial charge in [0.25, 0.3) is 0 Å². The Morgan fingerprint density at radius 1 is 1.12 bits per heavy atom. The molecule has 0 saturated carbocycles. The van der Waals surface area contributed by atoms with Gasteiger partial charge in [0.15, 0.2) is 15.6 Å². The highest BCUT2D eigenvalue weighted by atomic mass is 32.2. The Hall–Kier alpha value is -2.53. The average Bonchev–Trinajstić information content (AvgIpc) is 2.93. The molecule has 1 aromatic carbocycles. The number of hydrogen-bond donors (Lipinski definition) is 0. The van der Waals surface area contributed by atoms with Crippen molar-refractivity contribution in [2.45, 2.75) is 12.4 Å². The molecule has 134 valence electrons. The maximum Gasteiger partial charge on any atom is 0.485 e. The Morgan fingerprint density at radius 2 is 1.72 bits per heavy atom. The van der Waals surface area contributed by atoms with Crippen molar-refractivity contribution in [3.05, 3.63) is 48.2 Å². The molecule has 3 aromatic rings. The molecular formula is C14H13F3N4O3S. The smallest absolute Gasteiger partial charge is 0.485 e. The van der Waals surface area contributed by atoms with Gasteiger partial charge < -0.3 is 4.55 Å². The lowest BCUT2D eigenvalue weighted by Gasteiger charge is -2.08. The number of rotatable bonds is 1. The minimum Gasteiger partial charge on any atom is -0.741 e. The fraction of sp³-hybridized carbons (Fsp3) is 0.214. The van der Waals surface area contributed by atoms with Crippen LogP contribution in [0.4, 0.5) is 13.2 Å². The molecule has 0 spiro atoms. The number of pyridine rings is 1. The van der Waals surface area contributed by atoms with Crippen molar-refractivity contribution in [2.24, 2.45) is 7.05 Å². The quantitative estimate of drug-likeness (QED) is 0.367. The maximum absolute atomic E-state index is 10.7. The van der Waals surface area contributed by atoms with Crippen molar-refractivity contribution in [2.75, 3.05) is 0 Å². The number of alkyl halides is 3. The number of para-hydroxylation sites is 1. The number of hydrogen-bond acceptors (Lipinski definition) is 5. The van der Waals surface area contributed by atoms with Gasteiger partial charge >= 0.3 is 11.3 Å². The van der Waals surface area contributed by atoms with Crippen LogP contribution in [0.15, 0.2) is 42.5 Å². The topological polar surface area (TPSA) is 91.8 Å². The second-order valence-corrected chi connectivity index (χ2v) is 6.35. The zero-order valence-corrected chi connectivity index (χ0v) is 13.9. The molecule has 2 heterocycles. The largest absolute Gasteiger partial charge is 0.741 e. The molecule has 0 radical (unpaired) electrons. The van der Waals surface area contributed by atoms with Gasteiger partial charge in [-0.25, -0.2) is 13.0 Å². The van der Waals surface area contributed by atoms with Gasteiger partial charge in [0, 0.05) is 11.3 Å². The normalized spacial score (nSPS) is 11.9. The van der Waals surface area contributed by atoms with Crippen molar-refractivity contribution in [1.29, 1.82) is 0 Å². The van der Waals surface area contributed by atoms with E-state index in [1.807, 2.05) is 48.1 Å². The van der Waals surface area contributed by atoms with Crippen molar-refractivity contribution < 1.29 is 30.7 Å². The van der Waals surface area contributed by atoms with Gasteiger partial charge in [0.1, 0.15) is 11.2 Å². The summed E-state index contributed by atoms with van der Waals surface area (Å²) >= 11 is 0. The van der Waals surface area contributed by atoms with E-state index in [0.29, 0.717) is 0 Å². The summed E-state index contributed by atoms with van der Waals surface area (Å²) in [5, 5.41) is 8.38. The molecule has 0 unspecified atom stereocenters. The van der Waals surface area contributed by atoms with E-state index < -0.39 is 15.6 Å². The van der Waals surface area contributed by atoms with Crippen LogP contribution in [0, 0.1) is 6.92 Å². The van der Waals surface area contributed by atoms with Crippen LogP contribution in [0.25, 0.3) is 16.9 Å². The van der Waals surface area contributed by atoms with E-state index in [4.69, 9.17) is 13.0 Å². The Kier molecular flexibility index (Phi) is 5.09. The Labute approximate surface area is 141 Å². The predicted molar refractivity (Wildman–Crippen MR) is 80.5 cm³/mol. The van der Waals surface area contributed by atoms with Crippen LogP contribution in [-0.2, 0) is 17.2 Å².